The maximum Gasteiger partial charge on any atom is 0.178 e. The Morgan fingerprint density at radius 1 is 1.24 bits per heavy atom. The van der Waals surface area contributed by atoms with Crippen LogP contribution in [0.1, 0.15) is 18.5 Å². The zero-order valence-corrected chi connectivity index (χ0v) is 13.0. The highest BCUT2D eigenvalue weighted by Gasteiger charge is 2.11. The zero-order valence-electron chi connectivity index (χ0n) is 11.4. The molecule has 5 nitrogen and oxygen atoms in total. The predicted molar refractivity (Wildman–Crippen MR) is 85.3 cm³/mol. The topological polar surface area (TPSA) is 55.6 Å². The second-order valence-electron chi connectivity index (χ2n) is 4.64. The lowest BCUT2D eigenvalue weighted by atomic mass is 10.1. The molecule has 1 N–H and O–H groups in total. The van der Waals surface area contributed by atoms with E-state index < -0.39 is 0 Å². The quantitative estimate of drug-likeness (QED) is 0.786. The number of hydrogen-bond donors (Lipinski definition) is 1. The van der Waals surface area contributed by atoms with Crippen molar-refractivity contribution in [3.05, 3.63) is 65.3 Å². The third-order valence-electron chi connectivity index (χ3n) is 3.14. The highest BCUT2D eigenvalue weighted by atomic mass is 79.9. The molecular weight excluding hydrogens is 330 g/mol. The van der Waals surface area contributed by atoms with Crippen LogP contribution < -0.4 is 5.32 Å². The van der Waals surface area contributed by atoms with Gasteiger partial charge in [-0.15, -0.1) is 0 Å². The average Bonchev–Trinajstić information content (AvgIpc) is 3.02. The largest absolute Gasteiger partial charge is 0.375 e. The van der Waals surface area contributed by atoms with Crippen LogP contribution in [0.15, 0.2) is 59.7 Å². The maximum absolute atomic E-state index is 4.37. The molecule has 0 fully saturated rings. The van der Waals surface area contributed by atoms with E-state index in [-0.39, 0.29) is 6.04 Å². The summed E-state index contributed by atoms with van der Waals surface area (Å²) < 4.78 is 2.71. The summed E-state index contributed by atoms with van der Waals surface area (Å²) in [6.45, 7) is 2.11. The van der Waals surface area contributed by atoms with Crippen molar-refractivity contribution >= 4 is 21.6 Å². The Morgan fingerprint density at radius 2 is 2.14 bits per heavy atom. The first-order valence-corrected chi connectivity index (χ1v) is 7.35. The Bertz CT molecular complexity index is 726. The molecule has 3 rings (SSSR count). The number of pyridine rings is 1. The molecule has 0 aliphatic carbocycles. The second-order valence-corrected chi connectivity index (χ2v) is 5.55. The van der Waals surface area contributed by atoms with E-state index in [1.165, 1.54) is 11.9 Å². The predicted octanol–water partition coefficient (Wildman–Crippen LogP) is 3.60. The summed E-state index contributed by atoms with van der Waals surface area (Å²) in [5.41, 5.74) is 2.10. The Labute approximate surface area is 131 Å². The van der Waals surface area contributed by atoms with Crippen LogP contribution in [0.5, 0.6) is 0 Å². The third kappa shape index (κ3) is 3.11. The number of anilines is 1. The fraction of sp³-hybridized carbons (Fsp3) is 0.133. The van der Waals surface area contributed by atoms with E-state index in [0.717, 1.165) is 16.0 Å². The van der Waals surface area contributed by atoms with Gasteiger partial charge in [-0.2, -0.15) is 5.10 Å². The molecule has 0 radical (unpaired) electrons. The molecule has 2 aromatic heterocycles. The van der Waals surface area contributed by atoms with E-state index >= 15 is 0 Å². The fourth-order valence-corrected chi connectivity index (χ4v) is 2.52. The van der Waals surface area contributed by atoms with Crippen LogP contribution in [-0.4, -0.2) is 19.7 Å². The van der Waals surface area contributed by atoms with Gasteiger partial charge in [0.2, 0.25) is 0 Å². The van der Waals surface area contributed by atoms with Gasteiger partial charge < -0.3 is 5.32 Å². The smallest absolute Gasteiger partial charge is 0.178 e. The van der Waals surface area contributed by atoms with Gasteiger partial charge >= 0.3 is 0 Å². The van der Waals surface area contributed by atoms with Crippen molar-refractivity contribution in [3.8, 4) is 5.82 Å². The molecule has 106 valence electrons. The first-order valence-electron chi connectivity index (χ1n) is 6.56. The third-order valence-corrected chi connectivity index (χ3v) is 3.64. The number of nitrogens with zero attached hydrogens (tertiary/aromatic N) is 4. The van der Waals surface area contributed by atoms with Gasteiger partial charge in [0.15, 0.2) is 5.82 Å². The molecule has 1 aromatic carbocycles. The summed E-state index contributed by atoms with van der Waals surface area (Å²) in [7, 11) is 0. The van der Waals surface area contributed by atoms with Crippen LogP contribution in [0.25, 0.3) is 5.82 Å². The molecule has 1 unspecified atom stereocenters. The molecule has 0 aliphatic rings. The SMILES string of the molecule is CC(Nc1cccnc1-n1cncn1)c1cccc(Br)c1. The number of rotatable bonds is 4. The van der Waals surface area contributed by atoms with E-state index in [1.54, 1.807) is 17.2 Å². The average molecular weight is 344 g/mol. The number of halogens is 1. The molecule has 1 atom stereocenters. The molecule has 0 saturated heterocycles. The summed E-state index contributed by atoms with van der Waals surface area (Å²) in [5.74, 6) is 0.733. The molecule has 21 heavy (non-hydrogen) atoms. The molecule has 0 saturated carbocycles. The molecular formula is C15H14BrN5. The van der Waals surface area contributed by atoms with Gasteiger partial charge in [-0.1, -0.05) is 28.1 Å². The van der Waals surface area contributed by atoms with Crippen LogP contribution in [0.2, 0.25) is 0 Å². The van der Waals surface area contributed by atoms with Crippen LogP contribution in [0.3, 0.4) is 0 Å². The molecule has 3 aromatic rings. The second kappa shape index (κ2) is 6.05. The van der Waals surface area contributed by atoms with E-state index in [4.69, 9.17) is 0 Å². The van der Waals surface area contributed by atoms with Crippen LogP contribution in [-0.2, 0) is 0 Å². The van der Waals surface area contributed by atoms with Crippen molar-refractivity contribution in [2.45, 2.75) is 13.0 Å². The highest BCUT2D eigenvalue weighted by Crippen LogP contribution is 2.24. The van der Waals surface area contributed by atoms with Crippen molar-refractivity contribution in [2.75, 3.05) is 5.32 Å². The first kappa shape index (κ1) is 13.8. The zero-order chi connectivity index (χ0) is 14.7. The summed E-state index contributed by atoms with van der Waals surface area (Å²) in [5, 5.41) is 7.61. The van der Waals surface area contributed by atoms with E-state index in [9.17, 15) is 0 Å². The summed E-state index contributed by atoms with van der Waals surface area (Å²) >= 11 is 3.50. The molecule has 6 heteroatoms. The van der Waals surface area contributed by atoms with Crippen molar-refractivity contribution < 1.29 is 0 Å². The highest BCUT2D eigenvalue weighted by molar-refractivity contribution is 9.10. The van der Waals surface area contributed by atoms with Gasteiger partial charge in [-0.25, -0.2) is 14.6 Å². The van der Waals surface area contributed by atoms with E-state index in [2.05, 4.69) is 55.4 Å². The molecule has 0 spiro atoms. The molecule has 2 heterocycles. The molecule has 0 bridgehead atoms. The van der Waals surface area contributed by atoms with Gasteiger partial charge in [-0.05, 0) is 36.8 Å². The van der Waals surface area contributed by atoms with Crippen molar-refractivity contribution in [3.63, 3.8) is 0 Å². The normalized spacial score (nSPS) is 12.1. The molecule has 0 amide bonds. The van der Waals surface area contributed by atoms with Gasteiger partial charge in [-0.3, -0.25) is 0 Å². The van der Waals surface area contributed by atoms with Crippen LogP contribution in [0.4, 0.5) is 5.69 Å². The van der Waals surface area contributed by atoms with Gasteiger partial charge in [0.05, 0.1) is 5.69 Å². The minimum absolute atomic E-state index is 0.147. The van der Waals surface area contributed by atoms with Gasteiger partial charge in [0, 0.05) is 16.7 Å². The Kier molecular flexibility index (Phi) is 3.96. The number of nitrogens with one attached hydrogen (secondary N) is 1. The van der Waals surface area contributed by atoms with E-state index in [0.29, 0.717) is 0 Å². The number of hydrogen-bond acceptors (Lipinski definition) is 4. The lowest BCUT2D eigenvalue weighted by Crippen LogP contribution is -2.10. The minimum atomic E-state index is 0.147. The Morgan fingerprint density at radius 3 is 2.90 bits per heavy atom. The van der Waals surface area contributed by atoms with Crippen molar-refractivity contribution in [1.82, 2.24) is 19.7 Å². The number of aromatic nitrogens is 4. The van der Waals surface area contributed by atoms with Crippen molar-refractivity contribution in [1.29, 1.82) is 0 Å². The summed E-state index contributed by atoms with van der Waals surface area (Å²) in [6, 6.07) is 12.3. The first-order chi connectivity index (χ1) is 10.2. The monoisotopic (exact) mass is 343 g/mol. The van der Waals surface area contributed by atoms with Gasteiger partial charge in [0.1, 0.15) is 12.7 Å². The van der Waals surface area contributed by atoms with Gasteiger partial charge in [0.25, 0.3) is 0 Å². The summed E-state index contributed by atoms with van der Waals surface area (Å²) in [6.07, 6.45) is 4.87. The standard InChI is InChI=1S/C15H14BrN5/c1-11(12-4-2-5-13(16)8-12)20-14-6-3-7-18-15(14)21-10-17-9-19-21/h2-11,20H,1H3. The fourth-order valence-electron chi connectivity index (χ4n) is 2.10. The Hall–Kier alpha value is -2.21. The van der Waals surface area contributed by atoms with E-state index in [1.807, 2.05) is 24.3 Å². The van der Waals surface area contributed by atoms with Crippen LogP contribution >= 0.6 is 15.9 Å². The lowest BCUT2D eigenvalue weighted by Gasteiger charge is -2.17. The maximum atomic E-state index is 4.37. The molecule has 0 aliphatic heterocycles. The van der Waals surface area contributed by atoms with Crippen LogP contribution in [0, 0.1) is 0 Å². The number of benzene rings is 1. The minimum Gasteiger partial charge on any atom is -0.375 e. The Balaban J connectivity index is 1.88. The van der Waals surface area contributed by atoms with Crippen molar-refractivity contribution in [2.24, 2.45) is 0 Å². The summed E-state index contributed by atoms with van der Waals surface area (Å²) in [4.78, 5) is 8.34. The lowest BCUT2D eigenvalue weighted by molar-refractivity contribution is 0.828.